The van der Waals surface area contributed by atoms with Crippen LogP contribution in [0, 0.1) is 11.8 Å². The van der Waals surface area contributed by atoms with Crippen LogP contribution >= 0.6 is 0 Å². The molecule has 0 spiro atoms. The van der Waals surface area contributed by atoms with Crippen molar-refractivity contribution in [1.82, 2.24) is 0 Å². The second-order valence-electron chi connectivity index (χ2n) is 9.97. The third-order valence-electron chi connectivity index (χ3n) is 6.62. The van der Waals surface area contributed by atoms with Crippen LogP contribution in [-0.2, 0) is 38.1 Å². The highest BCUT2D eigenvalue weighted by Crippen LogP contribution is 2.46. The van der Waals surface area contributed by atoms with Crippen molar-refractivity contribution in [3.8, 4) is 0 Å². The van der Waals surface area contributed by atoms with Gasteiger partial charge in [0.05, 0.1) is 23.9 Å². The minimum atomic E-state index is -0.873. The molecule has 0 saturated carbocycles. The molecule has 0 bridgehead atoms. The van der Waals surface area contributed by atoms with E-state index >= 15 is 0 Å². The number of allylic oxidation sites excluding steroid dienone is 1. The summed E-state index contributed by atoms with van der Waals surface area (Å²) < 4.78 is 28.5. The van der Waals surface area contributed by atoms with Gasteiger partial charge < -0.3 is 23.7 Å². The molecule has 0 amide bonds. The van der Waals surface area contributed by atoms with Crippen molar-refractivity contribution in [2.45, 2.75) is 97.4 Å². The van der Waals surface area contributed by atoms with Gasteiger partial charge in [-0.15, -0.1) is 0 Å². The van der Waals surface area contributed by atoms with Gasteiger partial charge in [-0.3, -0.25) is 14.4 Å². The van der Waals surface area contributed by atoms with E-state index in [1.54, 1.807) is 6.26 Å². The minimum Gasteiger partial charge on any atom is -0.462 e. The number of rotatable bonds is 6. The molecule has 2 aliphatic heterocycles. The maximum absolute atomic E-state index is 12.0. The highest BCUT2D eigenvalue weighted by atomic mass is 16.7. The molecule has 0 aromatic heterocycles. The van der Waals surface area contributed by atoms with E-state index in [-0.39, 0.29) is 23.6 Å². The Bertz CT molecular complexity index is 898. The Kier molecular flexibility index (Phi) is 7.91. The second kappa shape index (κ2) is 10.3. The van der Waals surface area contributed by atoms with Gasteiger partial charge in [0.15, 0.2) is 0 Å². The molecule has 8 nitrogen and oxygen atoms in total. The van der Waals surface area contributed by atoms with E-state index in [1.807, 2.05) is 26.8 Å². The van der Waals surface area contributed by atoms with Crippen LogP contribution in [0.5, 0.6) is 0 Å². The van der Waals surface area contributed by atoms with E-state index in [9.17, 15) is 14.4 Å². The van der Waals surface area contributed by atoms with E-state index in [0.717, 1.165) is 16.7 Å². The molecule has 1 saturated heterocycles. The van der Waals surface area contributed by atoms with Crippen molar-refractivity contribution >= 4 is 17.9 Å². The normalized spacial score (nSPS) is 32.6. The largest absolute Gasteiger partial charge is 0.462 e. The molecular formula is C26H36O8. The number of esters is 3. The Morgan fingerprint density at radius 3 is 2.35 bits per heavy atom. The van der Waals surface area contributed by atoms with Gasteiger partial charge >= 0.3 is 17.9 Å². The van der Waals surface area contributed by atoms with Crippen LogP contribution in [0.4, 0.5) is 0 Å². The molecule has 34 heavy (non-hydrogen) atoms. The SMILES string of the molecule is C=C1CC(OC(C)=O)/C=C(/C)CCC2C(C(CC3OC3(C)C)OC(C)=O)=COC(OC(C)=O)C12. The summed E-state index contributed by atoms with van der Waals surface area (Å²) in [6.07, 6.45) is 3.86. The van der Waals surface area contributed by atoms with Crippen LogP contribution in [0.3, 0.4) is 0 Å². The molecular weight excluding hydrogens is 440 g/mol. The van der Waals surface area contributed by atoms with Gasteiger partial charge in [-0.05, 0) is 39.7 Å². The maximum Gasteiger partial charge on any atom is 0.305 e. The standard InChI is InChI=1S/C26H36O8/c1-14-8-9-20-21(22(32-17(4)28)12-23-26(6,7)34-23)13-30-25(33-18(5)29)24(20)15(2)11-19(10-14)31-16(3)27/h10,13,19-20,22-25H,2,8-9,11-12H2,1,3-7H3/b14-10-. The predicted molar refractivity (Wildman–Crippen MR) is 123 cm³/mol. The Balaban J connectivity index is 1.97. The highest BCUT2D eigenvalue weighted by Gasteiger charge is 2.51. The summed E-state index contributed by atoms with van der Waals surface area (Å²) in [5.41, 5.74) is 2.36. The maximum atomic E-state index is 12.0. The van der Waals surface area contributed by atoms with Crippen molar-refractivity contribution in [1.29, 1.82) is 0 Å². The molecule has 2 heterocycles. The lowest BCUT2D eigenvalue weighted by molar-refractivity contribution is -0.181. The van der Waals surface area contributed by atoms with Crippen LogP contribution in [0.25, 0.3) is 0 Å². The molecule has 0 N–H and O–H groups in total. The van der Waals surface area contributed by atoms with Crippen molar-refractivity contribution in [2.24, 2.45) is 11.8 Å². The van der Waals surface area contributed by atoms with Crippen LogP contribution in [0.2, 0.25) is 0 Å². The van der Waals surface area contributed by atoms with Gasteiger partial charge in [0.25, 0.3) is 0 Å². The number of hydrogen-bond donors (Lipinski definition) is 0. The summed E-state index contributed by atoms with van der Waals surface area (Å²) >= 11 is 0. The van der Waals surface area contributed by atoms with E-state index in [1.165, 1.54) is 20.8 Å². The lowest BCUT2D eigenvalue weighted by Gasteiger charge is -2.40. The van der Waals surface area contributed by atoms with Gasteiger partial charge in [0.1, 0.15) is 12.2 Å². The van der Waals surface area contributed by atoms with Crippen molar-refractivity contribution in [3.05, 3.63) is 35.6 Å². The number of carbonyl (C=O) groups excluding carboxylic acids is 3. The molecule has 6 atom stereocenters. The molecule has 0 radical (unpaired) electrons. The molecule has 3 rings (SSSR count). The number of carbonyl (C=O) groups is 3. The molecule has 0 aromatic carbocycles. The molecule has 6 unspecified atom stereocenters. The minimum absolute atomic E-state index is 0.0445. The Morgan fingerprint density at radius 2 is 1.79 bits per heavy atom. The van der Waals surface area contributed by atoms with E-state index in [4.69, 9.17) is 23.7 Å². The smallest absolute Gasteiger partial charge is 0.305 e. The molecule has 8 heteroatoms. The summed E-state index contributed by atoms with van der Waals surface area (Å²) in [6.45, 7) is 14.4. The van der Waals surface area contributed by atoms with E-state index in [2.05, 4.69) is 6.58 Å². The topological polar surface area (TPSA) is 101 Å². The first kappa shape index (κ1) is 26.0. The number of epoxide rings is 1. The van der Waals surface area contributed by atoms with Gasteiger partial charge in [-0.1, -0.05) is 17.7 Å². The first-order valence-corrected chi connectivity index (χ1v) is 11.8. The first-order valence-electron chi connectivity index (χ1n) is 11.8. The number of fused-ring (bicyclic) bond motifs is 1. The molecule has 0 aromatic rings. The Hall–Kier alpha value is -2.61. The highest BCUT2D eigenvalue weighted by molar-refractivity contribution is 5.67. The lowest BCUT2D eigenvalue weighted by Crippen LogP contribution is -2.42. The van der Waals surface area contributed by atoms with Gasteiger partial charge in [-0.25, -0.2) is 0 Å². The average molecular weight is 477 g/mol. The molecule has 188 valence electrons. The summed E-state index contributed by atoms with van der Waals surface area (Å²) in [5, 5.41) is 0. The summed E-state index contributed by atoms with van der Waals surface area (Å²) in [5.74, 6) is -1.79. The van der Waals surface area contributed by atoms with Crippen molar-refractivity contribution < 1.29 is 38.1 Å². The zero-order chi connectivity index (χ0) is 25.2. The third kappa shape index (κ3) is 6.50. The summed E-state index contributed by atoms with van der Waals surface area (Å²) in [6, 6.07) is 0. The average Bonchev–Trinajstić information content (AvgIpc) is 3.27. The predicted octanol–water partition coefficient (Wildman–Crippen LogP) is 4.14. The van der Waals surface area contributed by atoms with Crippen LogP contribution in [-0.4, -0.2) is 48.1 Å². The lowest BCUT2D eigenvalue weighted by atomic mass is 9.74. The number of ether oxygens (including phenoxy) is 5. The zero-order valence-corrected chi connectivity index (χ0v) is 20.9. The fraction of sp³-hybridized carbons (Fsp3) is 0.654. The quantitative estimate of drug-likeness (QED) is 0.244. The fourth-order valence-corrected chi connectivity index (χ4v) is 4.95. The second-order valence-corrected chi connectivity index (χ2v) is 9.97. The van der Waals surface area contributed by atoms with Crippen LogP contribution < -0.4 is 0 Å². The first-order chi connectivity index (χ1) is 15.9. The molecule has 1 fully saturated rings. The van der Waals surface area contributed by atoms with Crippen molar-refractivity contribution in [2.75, 3.05) is 0 Å². The van der Waals surface area contributed by atoms with Crippen LogP contribution in [0.15, 0.2) is 35.6 Å². The fourth-order valence-electron chi connectivity index (χ4n) is 4.95. The Labute approximate surface area is 201 Å². The summed E-state index contributed by atoms with van der Waals surface area (Å²) in [7, 11) is 0. The van der Waals surface area contributed by atoms with Crippen molar-refractivity contribution in [3.63, 3.8) is 0 Å². The monoisotopic (exact) mass is 476 g/mol. The molecule has 1 aliphatic carbocycles. The van der Waals surface area contributed by atoms with Gasteiger partial charge in [-0.2, -0.15) is 0 Å². The zero-order valence-electron chi connectivity index (χ0n) is 20.9. The summed E-state index contributed by atoms with van der Waals surface area (Å²) in [4.78, 5) is 35.5. The number of hydrogen-bond acceptors (Lipinski definition) is 8. The Morgan fingerprint density at radius 1 is 1.15 bits per heavy atom. The molecule has 3 aliphatic rings. The van der Waals surface area contributed by atoms with Gasteiger partial charge in [0.2, 0.25) is 6.29 Å². The van der Waals surface area contributed by atoms with Crippen LogP contribution in [0.1, 0.15) is 67.2 Å². The van der Waals surface area contributed by atoms with Gasteiger partial charge in [0, 0.05) is 45.1 Å². The van der Waals surface area contributed by atoms with E-state index in [0.29, 0.717) is 25.7 Å². The third-order valence-corrected chi connectivity index (χ3v) is 6.62. The van der Waals surface area contributed by atoms with E-state index < -0.39 is 36.4 Å².